The van der Waals surface area contributed by atoms with Crippen LogP contribution in [0, 0.1) is 0 Å². The van der Waals surface area contributed by atoms with E-state index in [1.165, 1.54) is 23.4 Å². The second-order valence-electron chi connectivity index (χ2n) is 6.20. The van der Waals surface area contributed by atoms with Crippen LogP contribution in [0.2, 0.25) is 0 Å². The van der Waals surface area contributed by atoms with Crippen LogP contribution in [-0.4, -0.2) is 29.8 Å². The highest BCUT2D eigenvalue weighted by Crippen LogP contribution is 2.34. The van der Waals surface area contributed by atoms with Gasteiger partial charge >= 0.3 is 0 Å². The number of thiazole rings is 1. The molecule has 118 valence electrons. The number of aryl methyl sites for hydroxylation is 2. The Morgan fingerprint density at radius 1 is 1.17 bits per heavy atom. The molecule has 0 spiro atoms. The number of aromatic nitrogens is 2. The van der Waals surface area contributed by atoms with Crippen LogP contribution in [0.25, 0.3) is 16.2 Å². The number of aldehydes is 1. The summed E-state index contributed by atoms with van der Waals surface area (Å²) in [7, 11) is 4.04. The third-order valence-corrected chi connectivity index (χ3v) is 5.67. The van der Waals surface area contributed by atoms with Crippen molar-refractivity contribution < 1.29 is 4.79 Å². The van der Waals surface area contributed by atoms with Crippen LogP contribution in [0.15, 0.2) is 24.3 Å². The predicted octanol–water partition coefficient (Wildman–Crippen LogP) is 3.82. The molecule has 0 atom stereocenters. The van der Waals surface area contributed by atoms with Crippen molar-refractivity contribution in [2.24, 2.45) is 0 Å². The molecule has 0 saturated heterocycles. The monoisotopic (exact) mass is 325 g/mol. The van der Waals surface area contributed by atoms with E-state index in [2.05, 4.69) is 21.4 Å². The summed E-state index contributed by atoms with van der Waals surface area (Å²) in [6.45, 7) is 0. The number of hydrogen-bond acceptors (Lipinski definition) is 4. The Balaban J connectivity index is 1.87. The van der Waals surface area contributed by atoms with Gasteiger partial charge in [0, 0.05) is 35.9 Å². The number of rotatable bonds is 3. The molecule has 1 aliphatic carbocycles. The maximum Gasteiger partial charge on any atom is 0.195 e. The summed E-state index contributed by atoms with van der Waals surface area (Å²) >= 11 is 1.74. The number of imidazole rings is 1. The Kier molecular flexibility index (Phi) is 3.45. The Hall–Kier alpha value is -2.14. The molecule has 0 saturated carbocycles. The number of carbonyl (C=O) groups excluding carboxylic acids is 1. The smallest absolute Gasteiger partial charge is 0.195 e. The molecule has 0 fully saturated rings. The van der Waals surface area contributed by atoms with Crippen LogP contribution in [0.3, 0.4) is 0 Å². The number of hydrogen-bond donors (Lipinski definition) is 0. The summed E-state index contributed by atoms with van der Waals surface area (Å²) in [4.78, 5) is 21.0. The average Bonchev–Trinajstić information content (AvgIpc) is 3.10. The molecule has 2 heterocycles. The molecule has 3 aromatic rings. The molecular formula is C18H19N3OS. The molecule has 0 N–H and O–H groups in total. The molecule has 0 amide bonds. The highest BCUT2D eigenvalue weighted by molar-refractivity contribution is 7.17. The van der Waals surface area contributed by atoms with Gasteiger partial charge in [0.25, 0.3) is 0 Å². The van der Waals surface area contributed by atoms with Gasteiger partial charge in [0.15, 0.2) is 11.2 Å². The van der Waals surface area contributed by atoms with Crippen molar-refractivity contribution in [2.75, 3.05) is 19.0 Å². The van der Waals surface area contributed by atoms with Crippen LogP contribution in [0.5, 0.6) is 0 Å². The molecule has 5 heteroatoms. The topological polar surface area (TPSA) is 37.6 Å². The molecule has 0 radical (unpaired) electrons. The lowest BCUT2D eigenvalue weighted by molar-refractivity contribution is 0.111. The first-order chi connectivity index (χ1) is 11.2. The van der Waals surface area contributed by atoms with Gasteiger partial charge in [-0.25, -0.2) is 4.98 Å². The number of nitrogens with zero attached hydrogens (tertiary/aromatic N) is 3. The molecule has 0 aliphatic heterocycles. The molecule has 1 aromatic carbocycles. The first kappa shape index (κ1) is 14.5. The van der Waals surface area contributed by atoms with Crippen molar-refractivity contribution in [3.63, 3.8) is 0 Å². The third-order valence-electron chi connectivity index (χ3n) is 4.52. The molecule has 2 aromatic heterocycles. The van der Waals surface area contributed by atoms with Crippen molar-refractivity contribution in [3.8, 4) is 11.3 Å². The lowest BCUT2D eigenvalue weighted by Crippen LogP contribution is -2.08. The second-order valence-corrected chi connectivity index (χ2v) is 7.26. The van der Waals surface area contributed by atoms with Crippen LogP contribution in [0.4, 0.5) is 5.69 Å². The largest absolute Gasteiger partial charge is 0.378 e. The zero-order valence-corrected chi connectivity index (χ0v) is 14.2. The molecule has 4 rings (SSSR count). The Morgan fingerprint density at radius 3 is 2.61 bits per heavy atom. The number of fused-ring (bicyclic) bond motifs is 3. The highest BCUT2D eigenvalue weighted by atomic mass is 32.1. The zero-order chi connectivity index (χ0) is 16.0. The van der Waals surface area contributed by atoms with Gasteiger partial charge in [-0.2, -0.15) is 0 Å². The molecular weight excluding hydrogens is 306 g/mol. The quantitative estimate of drug-likeness (QED) is 0.687. The Morgan fingerprint density at radius 2 is 1.91 bits per heavy atom. The van der Waals surface area contributed by atoms with Gasteiger partial charge in [0.2, 0.25) is 0 Å². The molecule has 0 unspecified atom stereocenters. The van der Waals surface area contributed by atoms with Crippen molar-refractivity contribution in [3.05, 3.63) is 40.5 Å². The number of benzene rings is 1. The van der Waals surface area contributed by atoms with E-state index < -0.39 is 0 Å². The average molecular weight is 325 g/mol. The first-order valence-electron chi connectivity index (χ1n) is 7.95. The fourth-order valence-electron chi connectivity index (χ4n) is 3.30. The summed E-state index contributed by atoms with van der Waals surface area (Å²) in [5.41, 5.74) is 4.92. The van der Waals surface area contributed by atoms with E-state index in [1.807, 2.05) is 26.2 Å². The first-order valence-corrected chi connectivity index (χ1v) is 8.76. The SMILES string of the molecule is CN(C)c1ccc(-c2nc3sc4c(n3c2C=O)CCCC4)cc1. The molecule has 4 nitrogen and oxygen atoms in total. The van der Waals surface area contributed by atoms with E-state index in [4.69, 9.17) is 4.98 Å². The standard InChI is InChI=1S/C18H19N3OS/c1-20(2)13-9-7-12(8-10-13)17-15(11-22)21-14-5-3-4-6-16(14)23-18(21)19-17/h7-11H,3-6H2,1-2H3. The number of anilines is 1. The van der Waals surface area contributed by atoms with Gasteiger partial charge < -0.3 is 4.90 Å². The fourth-order valence-corrected chi connectivity index (χ4v) is 4.51. The zero-order valence-electron chi connectivity index (χ0n) is 13.4. The van der Waals surface area contributed by atoms with E-state index >= 15 is 0 Å². The van der Waals surface area contributed by atoms with Gasteiger partial charge in [-0.3, -0.25) is 9.20 Å². The fraction of sp³-hybridized carbons (Fsp3) is 0.333. The van der Waals surface area contributed by atoms with Crippen molar-refractivity contribution in [1.82, 2.24) is 9.38 Å². The van der Waals surface area contributed by atoms with Gasteiger partial charge in [0.05, 0.1) is 0 Å². The lowest BCUT2D eigenvalue weighted by Gasteiger charge is -2.13. The van der Waals surface area contributed by atoms with E-state index in [0.29, 0.717) is 5.69 Å². The summed E-state index contributed by atoms with van der Waals surface area (Å²) in [5.74, 6) is 0. The van der Waals surface area contributed by atoms with Crippen LogP contribution in [0.1, 0.15) is 33.9 Å². The molecule has 23 heavy (non-hydrogen) atoms. The minimum absolute atomic E-state index is 0.692. The highest BCUT2D eigenvalue weighted by Gasteiger charge is 2.22. The second kappa shape index (κ2) is 5.49. The van der Waals surface area contributed by atoms with Gasteiger partial charge in [-0.1, -0.05) is 12.1 Å². The minimum atomic E-state index is 0.692. The van der Waals surface area contributed by atoms with Crippen LogP contribution >= 0.6 is 11.3 Å². The van der Waals surface area contributed by atoms with Gasteiger partial charge in [-0.15, -0.1) is 11.3 Å². The minimum Gasteiger partial charge on any atom is -0.378 e. The summed E-state index contributed by atoms with van der Waals surface area (Å²) in [6, 6.07) is 8.21. The van der Waals surface area contributed by atoms with Gasteiger partial charge in [0.1, 0.15) is 11.4 Å². The van der Waals surface area contributed by atoms with Crippen LogP contribution < -0.4 is 4.90 Å². The third kappa shape index (κ3) is 2.27. The normalized spacial score (nSPS) is 14.0. The molecule has 0 bridgehead atoms. The van der Waals surface area contributed by atoms with Crippen molar-refractivity contribution in [1.29, 1.82) is 0 Å². The van der Waals surface area contributed by atoms with Crippen molar-refractivity contribution >= 4 is 28.3 Å². The van der Waals surface area contributed by atoms with E-state index in [-0.39, 0.29) is 0 Å². The van der Waals surface area contributed by atoms with E-state index in [9.17, 15) is 4.79 Å². The van der Waals surface area contributed by atoms with Gasteiger partial charge in [-0.05, 0) is 37.8 Å². The summed E-state index contributed by atoms with van der Waals surface area (Å²) in [6.07, 6.45) is 5.56. The summed E-state index contributed by atoms with van der Waals surface area (Å²) in [5, 5.41) is 0. The van der Waals surface area contributed by atoms with E-state index in [0.717, 1.165) is 41.0 Å². The molecule has 1 aliphatic rings. The van der Waals surface area contributed by atoms with Crippen LogP contribution in [-0.2, 0) is 12.8 Å². The van der Waals surface area contributed by atoms with Crippen molar-refractivity contribution in [2.45, 2.75) is 25.7 Å². The maximum absolute atomic E-state index is 11.8. The Labute approximate surface area is 139 Å². The summed E-state index contributed by atoms with van der Waals surface area (Å²) < 4.78 is 2.08. The maximum atomic E-state index is 11.8. The Bertz CT molecular complexity index is 874. The lowest BCUT2D eigenvalue weighted by atomic mass is 10.0. The number of carbonyl (C=O) groups is 1. The van der Waals surface area contributed by atoms with E-state index in [1.54, 1.807) is 11.3 Å². The predicted molar refractivity (Wildman–Crippen MR) is 94.9 cm³/mol.